The Kier molecular flexibility index (Phi) is 6.12. The molecule has 1 aliphatic heterocycles. The van der Waals surface area contributed by atoms with Crippen LogP contribution in [0.1, 0.15) is 25.8 Å². The molecule has 1 aliphatic rings. The minimum atomic E-state index is -1.15. The number of hydrazone groups is 1. The summed E-state index contributed by atoms with van der Waals surface area (Å²) in [5.74, 6) is -0.426. The minimum Gasteiger partial charge on any atom is -0.464 e. The molecule has 1 amide bonds. The number of hydrogen-bond donors (Lipinski definition) is 1. The number of ether oxygens (including phenoxy) is 1. The molecule has 1 N–H and O–H groups in total. The fraction of sp³-hybridized carbons (Fsp3) is 0.500. The number of amides is 1. The Bertz CT molecular complexity index is 601. The first kappa shape index (κ1) is 17.9. The summed E-state index contributed by atoms with van der Waals surface area (Å²) in [4.78, 5) is 11.4. The van der Waals surface area contributed by atoms with E-state index in [1.165, 1.54) is 6.07 Å². The standard InChI is InChI=1S/C16H20BrFN2O3/c1-10(2)8-20(16(21)22)19-15(11-5-6-23-9-11)13-4-3-12(17)7-14(13)18/h3-4,7,10-11H,5-6,8-9H2,1-2H3,(H,21,22). The average Bonchev–Trinajstić information content (AvgIpc) is 2.97. The monoisotopic (exact) mass is 386 g/mol. The predicted octanol–water partition coefficient (Wildman–Crippen LogP) is 3.96. The van der Waals surface area contributed by atoms with Gasteiger partial charge >= 0.3 is 6.09 Å². The van der Waals surface area contributed by atoms with Crippen molar-refractivity contribution in [2.75, 3.05) is 19.8 Å². The SMILES string of the molecule is CC(C)CN(N=C(c1ccc(Br)cc1F)C1CCOC1)C(=O)O. The van der Waals surface area contributed by atoms with Crippen LogP contribution in [-0.4, -0.2) is 41.7 Å². The zero-order chi connectivity index (χ0) is 17.0. The fourth-order valence-corrected chi connectivity index (χ4v) is 2.77. The lowest BCUT2D eigenvalue weighted by Crippen LogP contribution is -2.31. The molecule has 1 atom stereocenters. The van der Waals surface area contributed by atoms with Crippen LogP contribution < -0.4 is 0 Å². The van der Waals surface area contributed by atoms with Gasteiger partial charge in [0.2, 0.25) is 0 Å². The van der Waals surface area contributed by atoms with Gasteiger partial charge < -0.3 is 9.84 Å². The molecule has 1 aromatic carbocycles. The topological polar surface area (TPSA) is 62.1 Å². The van der Waals surface area contributed by atoms with Gasteiger partial charge in [-0.25, -0.2) is 9.18 Å². The van der Waals surface area contributed by atoms with E-state index in [2.05, 4.69) is 21.0 Å². The first-order chi connectivity index (χ1) is 10.9. The highest BCUT2D eigenvalue weighted by Crippen LogP contribution is 2.24. The second-order valence-corrected chi connectivity index (χ2v) is 6.84. The average molecular weight is 387 g/mol. The van der Waals surface area contributed by atoms with E-state index in [4.69, 9.17) is 4.74 Å². The summed E-state index contributed by atoms with van der Waals surface area (Å²) in [6.45, 7) is 5.06. The van der Waals surface area contributed by atoms with Crippen molar-refractivity contribution in [3.63, 3.8) is 0 Å². The third-order valence-electron chi connectivity index (χ3n) is 3.51. The molecule has 0 aliphatic carbocycles. The van der Waals surface area contributed by atoms with Gasteiger partial charge in [0.05, 0.1) is 18.9 Å². The van der Waals surface area contributed by atoms with E-state index < -0.39 is 11.9 Å². The molecule has 126 valence electrons. The Labute approximate surface area is 143 Å². The quantitative estimate of drug-likeness (QED) is 0.615. The van der Waals surface area contributed by atoms with Crippen molar-refractivity contribution >= 4 is 27.7 Å². The second-order valence-electron chi connectivity index (χ2n) is 5.93. The minimum absolute atomic E-state index is 0.111. The summed E-state index contributed by atoms with van der Waals surface area (Å²) in [7, 11) is 0. The van der Waals surface area contributed by atoms with E-state index in [-0.39, 0.29) is 18.4 Å². The van der Waals surface area contributed by atoms with Crippen LogP contribution in [0.5, 0.6) is 0 Å². The van der Waals surface area contributed by atoms with Crippen molar-refractivity contribution in [3.05, 3.63) is 34.1 Å². The lowest BCUT2D eigenvalue weighted by molar-refractivity contribution is 0.141. The number of rotatable bonds is 5. The third-order valence-corrected chi connectivity index (χ3v) is 4.00. The van der Waals surface area contributed by atoms with E-state index in [0.29, 0.717) is 35.4 Å². The van der Waals surface area contributed by atoms with Gasteiger partial charge in [-0.3, -0.25) is 0 Å². The molecule has 1 unspecified atom stereocenters. The number of carbonyl (C=O) groups is 1. The molecule has 0 spiro atoms. The molecule has 1 heterocycles. The number of halogens is 2. The Hall–Kier alpha value is -1.47. The third kappa shape index (κ3) is 4.75. The lowest BCUT2D eigenvalue weighted by Gasteiger charge is -2.20. The zero-order valence-corrected chi connectivity index (χ0v) is 14.7. The molecule has 7 heteroatoms. The molecule has 0 aromatic heterocycles. The first-order valence-electron chi connectivity index (χ1n) is 7.50. The van der Waals surface area contributed by atoms with Crippen LogP contribution >= 0.6 is 15.9 Å². The number of carboxylic acid groups (broad SMARTS) is 1. The summed E-state index contributed by atoms with van der Waals surface area (Å²) in [6.07, 6.45) is -0.448. The summed E-state index contributed by atoms with van der Waals surface area (Å²) >= 11 is 3.23. The number of nitrogens with zero attached hydrogens (tertiary/aromatic N) is 2. The largest absolute Gasteiger partial charge is 0.464 e. The smallest absolute Gasteiger partial charge is 0.427 e. The van der Waals surface area contributed by atoms with Crippen LogP contribution in [-0.2, 0) is 4.74 Å². The van der Waals surface area contributed by atoms with E-state index in [0.717, 1.165) is 5.01 Å². The molecule has 0 bridgehead atoms. The van der Waals surface area contributed by atoms with Gasteiger partial charge in [-0.05, 0) is 30.5 Å². The van der Waals surface area contributed by atoms with Crippen molar-refractivity contribution in [2.45, 2.75) is 20.3 Å². The zero-order valence-electron chi connectivity index (χ0n) is 13.1. The van der Waals surface area contributed by atoms with Gasteiger partial charge in [0.15, 0.2) is 0 Å². The molecule has 23 heavy (non-hydrogen) atoms. The lowest BCUT2D eigenvalue weighted by atomic mass is 9.95. The van der Waals surface area contributed by atoms with Crippen molar-refractivity contribution in [2.24, 2.45) is 16.9 Å². The maximum Gasteiger partial charge on any atom is 0.427 e. The molecule has 1 fully saturated rings. The van der Waals surface area contributed by atoms with Crippen LogP contribution in [0.4, 0.5) is 9.18 Å². The maximum atomic E-state index is 14.4. The van der Waals surface area contributed by atoms with Gasteiger partial charge in [0.1, 0.15) is 5.82 Å². The summed E-state index contributed by atoms with van der Waals surface area (Å²) in [5.41, 5.74) is 0.745. The number of hydrogen-bond acceptors (Lipinski definition) is 3. The first-order valence-corrected chi connectivity index (χ1v) is 8.30. The van der Waals surface area contributed by atoms with Crippen LogP contribution in [0.3, 0.4) is 0 Å². The van der Waals surface area contributed by atoms with Crippen LogP contribution in [0.15, 0.2) is 27.8 Å². The molecule has 2 rings (SSSR count). The van der Waals surface area contributed by atoms with E-state index in [1.807, 2.05) is 13.8 Å². The summed E-state index contributed by atoms with van der Waals surface area (Å²) in [5, 5.41) is 14.6. The normalized spacial score (nSPS) is 18.5. The fourth-order valence-electron chi connectivity index (χ4n) is 2.44. The van der Waals surface area contributed by atoms with Crippen molar-refractivity contribution < 1.29 is 19.0 Å². The molecule has 0 saturated carbocycles. The molecular formula is C16H20BrFN2O3. The van der Waals surface area contributed by atoms with Crippen LogP contribution in [0, 0.1) is 17.7 Å². The summed E-state index contributed by atoms with van der Waals surface area (Å²) in [6, 6.07) is 4.69. The molecular weight excluding hydrogens is 367 g/mol. The highest BCUT2D eigenvalue weighted by Gasteiger charge is 2.27. The highest BCUT2D eigenvalue weighted by molar-refractivity contribution is 9.10. The molecule has 1 aromatic rings. The second kappa shape index (κ2) is 7.88. The van der Waals surface area contributed by atoms with Crippen LogP contribution in [0.2, 0.25) is 0 Å². The highest BCUT2D eigenvalue weighted by atomic mass is 79.9. The van der Waals surface area contributed by atoms with Gasteiger partial charge in [-0.1, -0.05) is 29.8 Å². The van der Waals surface area contributed by atoms with E-state index in [1.54, 1.807) is 12.1 Å². The van der Waals surface area contributed by atoms with Crippen molar-refractivity contribution in [3.8, 4) is 0 Å². The predicted molar refractivity (Wildman–Crippen MR) is 89.1 cm³/mol. The molecule has 1 saturated heterocycles. The molecule has 5 nitrogen and oxygen atoms in total. The van der Waals surface area contributed by atoms with Crippen molar-refractivity contribution in [1.82, 2.24) is 5.01 Å². The van der Waals surface area contributed by atoms with Gasteiger partial charge in [0, 0.05) is 22.6 Å². The Balaban J connectivity index is 2.43. The van der Waals surface area contributed by atoms with Crippen LogP contribution in [0.25, 0.3) is 0 Å². The Morgan fingerprint density at radius 3 is 2.83 bits per heavy atom. The van der Waals surface area contributed by atoms with E-state index >= 15 is 0 Å². The number of benzene rings is 1. The van der Waals surface area contributed by atoms with E-state index in [9.17, 15) is 14.3 Å². The van der Waals surface area contributed by atoms with Gasteiger partial charge in [-0.15, -0.1) is 0 Å². The maximum absolute atomic E-state index is 14.4. The summed E-state index contributed by atoms with van der Waals surface area (Å²) < 4.78 is 20.3. The Morgan fingerprint density at radius 1 is 1.57 bits per heavy atom. The molecule has 0 radical (unpaired) electrons. The van der Waals surface area contributed by atoms with Crippen molar-refractivity contribution in [1.29, 1.82) is 0 Å². The van der Waals surface area contributed by atoms with Gasteiger partial charge in [0.25, 0.3) is 0 Å². The van der Waals surface area contributed by atoms with Gasteiger partial charge in [-0.2, -0.15) is 10.1 Å². The Morgan fingerprint density at radius 2 is 2.30 bits per heavy atom.